The number of piperidine rings is 1. The molecule has 1 aromatic rings. The van der Waals surface area contributed by atoms with Gasteiger partial charge in [0.15, 0.2) is 6.10 Å². The SMILES string of the molecule is C#[N+]C(C(=O)N1CCCCC1)C(O)c1ccncc1. The summed E-state index contributed by atoms with van der Waals surface area (Å²) in [4.78, 5) is 21.5. The van der Waals surface area contributed by atoms with Gasteiger partial charge in [0.05, 0.1) is 0 Å². The molecule has 0 radical (unpaired) electrons. The molecule has 2 atom stereocenters. The zero-order valence-corrected chi connectivity index (χ0v) is 10.8. The molecule has 0 saturated carbocycles. The van der Waals surface area contributed by atoms with E-state index in [9.17, 15) is 9.90 Å². The van der Waals surface area contributed by atoms with Crippen LogP contribution in [0.3, 0.4) is 0 Å². The molecule has 5 heteroatoms. The number of rotatable bonds is 3. The van der Waals surface area contributed by atoms with Crippen molar-refractivity contribution in [2.24, 2.45) is 0 Å². The van der Waals surface area contributed by atoms with Gasteiger partial charge in [-0.15, -0.1) is 0 Å². The monoisotopic (exact) mass is 260 g/mol. The second kappa shape index (κ2) is 6.30. The molecule has 100 valence electrons. The minimum atomic E-state index is -1.03. The summed E-state index contributed by atoms with van der Waals surface area (Å²) in [5.41, 5.74) is 0.597. The molecular formula is C14H18N3O2+. The van der Waals surface area contributed by atoms with Crippen LogP contribution in [0.4, 0.5) is 0 Å². The lowest BCUT2D eigenvalue weighted by atomic mass is 10.0. The molecule has 1 N–H and O–H groups in total. The third kappa shape index (κ3) is 3.09. The van der Waals surface area contributed by atoms with E-state index in [4.69, 9.17) is 6.57 Å². The predicted molar refractivity (Wildman–Crippen MR) is 71.7 cm³/mol. The van der Waals surface area contributed by atoms with E-state index >= 15 is 0 Å². The third-order valence-corrected chi connectivity index (χ3v) is 3.43. The van der Waals surface area contributed by atoms with Crippen molar-refractivity contribution in [3.8, 4) is 6.57 Å². The fourth-order valence-electron chi connectivity index (χ4n) is 2.32. The average Bonchev–Trinajstić information content (AvgIpc) is 2.49. The highest BCUT2D eigenvalue weighted by Gasteiger charge is 2.40. The number of nitrogens with zero attached hydrogens (tertiary/aromatic N) is 3. The molecule has 2 heterocycles. The Kier molecular flexibility index (Phi) is 4.48. The molecule has 1 aliphatic rings. The Labute approximate surface area is 112 Å². The fraction of sp³-hybridized carbons (Fsp3) is 0.500. The molecule has 2 unspecified atom stereocenters. The second-order valence-electron chi connectivity index (χ2n) is 4.71. The van der Waals surface area contributed by atoms with Crippen LogP contribution < -0.4 is 0 Å². The van der Waals surface area contributed by atoms with Gasteiger partial charge in [-0.3, -0.25) is 9.78 Å². The molecule has 0 aliphatic carbocycles. The zero-order valence-electron chi connectivity index (χ0n) is 10.8. The molecule has 1 saturated heterocycles. The molecule has 0 spiro atoms. The van der Waals surface area contributed by atoms with Gasteiger partial charge in [-0.05, 0) is 37.0 Å². The van der Waals surface area contributed by atoms with Crippen LogP contribution in [0.15, 0.2) is 24.5 Å². The maximum Gasteiger partial charge on any atom is 0.377 e. The van der Waals surface area contributed by atoms with E-state index in [1.165, 1.54) is 0 Å². The number of aliphatic hydroxyl groups is 1. The van der Waals surface area contributed by atoms with Gasteiger partial charge in [0.1, 0.15) is 0 Å². The number of amides is 1. The molecule has 1 aromatic heterocycles. The first-order chi connectivity index (χ1) is 9.24. The average molecular weight is 260 g/mol. The Balaban J connectivity index is 2.11. The summed E-state index contributed by atoms with van der Waals surface area (Å²) in [7, 11) is 0. The Morgan fingerprint density at radius 2 is 1.95 bits per heavy atom. The van der Waals surface area contributed by atoms with E-state index in [1.54, 1.807) is 29.4 Å². The van der Waals surface area contributed by atoms with Crippen LogP contribution in [0.2, 0.25) is 0 Å². The number of pyridine rings is 1. The van der Waals surface area contributed by atoms with Crippen LogP contribution in [0, 0.1) is 6.57 Å². The summed E-state index contributed by atoms with van der Waals surface area (Å²) in [6, 6.07) is 2.37. The van der Waals surface area contributed by atoms with Gasteiger partial charge < -0.3 is 10.0 Å². The van der Waals surface area contributed by atoms with Gasteiger partial charge in [0, 0.05) is 25.5 Å². The highest BCUT2D eigenvalue weighted by atomic mass is 16.3. The number of hydrogen-bond donors (Lipinski definition) is 1. The zero-order chi connectivity index (χ0) is 13.7. The standard InChI is InChI=1S/C14H18N3O2/c1-15-12(13(18)11-5-7-16-8-6-11)14(19)17-9-3-2-4-10-17/h1,5-8,12-13,18H,2-4,9-10H2/q+1. The molecular weight excluding hydrogens is 242 g/mol. The van der Waals surface area contributed by atoms with E-state index in [0.29, 0.717) is 18.7 Å². The summed E-state index contributed by atoms with van der Waals surface area (Å²) in [5, 5.41) is 10.2. The van der Waals surface area contributed by atoms with Gasteiger partial charge in [0.25, 0.3) is 6.57 Å². The van der Waals surface area contributed by atoms with Gasteiger partial charge in [-0.1, -0.05) is 4.85 Å². The number of aliphatic hydroxyl groups excluding tert-OH is 1. The summed E-state index contributed by atoms with van der Waals surface area (Å²) in [6.45, 7) is 6.75. The highest BCUT2D eigenvalue weighted by Crippen LogP contribution is 2.22. The molecule has 1 amide bonds. The van der Waals surface area contributed by atoms with E-state index in [0.717, 1.165) is 19.3 Å². The molecule has 0 bridgehead atoms. The third-order valence-electron chi connectivity index (χ3n) is 3.43. The second-order valence-corrected chi connectivity index (χ2v) is 4.71. The van der Waals surface area contributed by atoms with Gasteiger partial charge in [-0.2, -0.15) is 0 Å². The van der Waals surface area contributed by atoms with Crippen molar-refractivity contribution in [1.82, 2.24) is 9.88 Å². The van der Waals surface area contributed by atoms with E-state index in [-0.39, 0.29) is 5.91 Å². The Hall–Kier alpha value is -1.93. The molecule has 2 rings (SSSR count). The number of carbonyl (C=O) groups is 1. The normalized spacial score (nSPS) is 18.4. The van der Waals surface area contributed by atoms with Crippen molar-refractivity contribution >= 4 is 5.91 Å². The summed E-state index contributed by atoms with van der Waals surface area (Å²) >= 11 is 0. The Bertz CT molecular complexity index is 463. The lowest BCUT2D eigenvalue weighted by Crippen LogP contribution is -2.43. The van der Waals surface area contributed by atoms with E-state index < -0.39 is 12.1 Å². The van der Waals surface area contributed by atoms with Crippen LogP contribution in [0.5, 0.6) is 0 Å². The first kappa shape index (κ1) is 13.5. The number of carbonyl (C=O) groups excluding carboxylic acids is 1. The number of aromatic nitrogens is 1. The Morgan fingerprint density at radius 1 is 1.32 bits per heavy atom. The minimum Gasteiger partial charge on any atom is -0.380 e. The quantitative estimate of drug-likeness (QED) is 0.895. The smallest absolute Gasteiger partial charge is 0.377 e. The summed E-state index contributed by atoms with van der Waals surface area (Å²) in [5.74, 6) is -0.202. The van der Waals surface area contributed by atoms with Crippen molar-refractivity contribution < 1.29 is 9.90 Å². The van der Waals surface area contributed by atoms with Crippen LogP contribution in [-0.4, -0.2) is 40.0 Å². The van der Waals surface area contributed by atoms with Crippen molar-refractivity contribution in [3.63, 3.8) is 0 Å². The van der Waals surface area contributed by atoms with E-state index in [2.05, 4.69) is 9.83 Å². The molecule has 1 aliphatic heterocycles. The van der Waals surface area contributed by atoms with Crippen LogP contribution in [-0.2, 0) is 4.79 Å². The largest absolute Gasteiger partial charge is 0.380 e. The van der Waals surface area contributed by atoms with Crippen LogP contribution >= 0.6 is 0 Å². The van der Waals surface area contributed by atoms with Crippen LogP contribution in [0.25, 0.3) is 4.85 Å². The fourth-order valence-corrected chi connectivity index (χ4v) is 2.32. The number of likely N-dealkylation sites (tertiary alicyclic amines) is 1. The van der Waals surface area contributed by atoms with Gasteiger partial charge in [-0.25, -0.2) is 0 Å². The van der Waals surface area contributed by atoms with Gasteiger partial charge in [0.2, 0.25) is 0 Å². The molecule has 0 aromatic carbocycles. The van der Waals surface area contributed by atoms with Crippen molar-refractivity contribution in [2.75, 3.05) is 13.1 Å². The van der Waals surface area contributed by atoms with Crippen molar-refractivity contribution in [3.05, 3.63) is 34.9 Å². The summed E-state index contributed by atoms with van der Waals surface area (Å²) in [6.07, 6.45) is 5.24. The topological polar surface area (TPSA) is 57.8 Å². The maximum absolute atomic E-state index is 12.3. The summed E-state index contributed by atoms with van der Waals surface area (Å²) < 4.78 is 0. The van der Waals surface area contributed by atoms with Crippen molar-refractivity contribution in [2.45, 2.75) is 31.4 Å². The minimum absolute atomic E-state index is 0.202. The first-order valence-corrected chi connectivity index (χ1v) is 6.51. The van der Waals surface area contributed by atoms with Crippen molar-refractivity contribution in [1.29, 1.82) is 0 Å². The molecule has 19 heavy (non-hydrogen) atoms. The first-order valence-electron chi connectivity index (χ1n) is 6.51. The highest BCUT2D eigenvalue weighted by molar-refractivity contribution is 5.84. The van der Waals surface area contributed by atoms with Crippen LogP contribution in [0.1, 0.15) is 30.9 Å². The maximum atomic E-state index is 12.3. The molecule has 1 fully saturated rings. The number of hydrogen-bond acceptors (Lipinski definition) is 3. The van der Waals surface area contributed by atoms with E-state index in [1.807, 2.05) is 0 Å². The lowest BCUT2D eigenvalue weighted by Gasteiger charge is -2.27. The predicted octanol–water partition coefficient (Wildman–Crippen LogP) is 1.46. The lowest BCUT2D eigenvalue weighted by molar-refractivity contribution is -0.134. The van der Waals surface area contributed by atoms with Gasteiger partial charge >= 0.3 is 11.9 Å². The Morgan fingerprint density at radius 3 is 2.53 bits per heavy atom. The molecule has 5 nitrogen and oxygen atoms in total.